The molecule has 0 fully saturated rings. The number of hydrogen-bond donors (Lipinski definition) is 3. The summed E-state index contributed by atoms with van der Waals surface area (Å²) in [6.45, 7) is 8.70. The zero-order chi connectivity index (χ0) is 26.5. The first-order valence-corrected chi connectivity index (χ1v) is 13.8. The number of aliphatic carboxylic acids is 1. The van der Waals surface area contributed by atoms with Crippen LogP contribution in [0.2, 0.25) is 0 Å². The van der Waals surface area contributed by atoms with Crippen LogP contribution in [0.4, 0.5) is 10.7 Å². The van der Waals surface area contributed by atoms with Crippen LogP contribution in [-0.4, -0.2) is 28.1 Å². The minimum absolute atomic E-state index is 0.102. The second-order valence-electron chi connectivity index (χ2n) is 10.1. The summed E-state index contributed by atoms with van der Waals surface area (Å²) in [7, 11) is 0. The Hall–Kier alpha value is -2.83. The Labute approximate surface area is 220 Å². The number of rotatable bonds is 9. The molecule has 0 saturated heterocycles. The van der Waals surface area contributed by atoms with Gasteiger partial charge < -0.3 is 15.7 Å². The van der Waals surface area contributed by atoms with Crippen molar-refractivity contribution in [3.05, 3.63) is 40.3 Å². The Morgan fingerprint density at radius 1 is 1.25 bits per heavy atom. The van der Waals surface area contributed by atoms with E-state index in [0.717, 1.165) is 29.7 Å². The first-order chi connectivity index (χ1) is 17.0. The number of benzene rings is 1. The third-order valence-electron chi connectivity index (χ3n) is 6.46. The predicted molar refractivity (Wildman–Crippen MR) is 145 cm³/mol. The van der Waals surface area contributed by atoms with Crippen LogP contribution in [0.25, 0.3) is 0 Å². The Bertz CT molecular complexity index is 1180. The molecule has 0 radical (unpaired) electrons. The number of nitriles is 1. The van der Waals surface area contributed by atoms with Gasteiger partial charge in [-0.15, -0.1) is 23.1 Å². The lowest BCUT2D eigenvalue weighted by atomic mass is 9.72. The van der Waals surface area contributed by atoms with Crippen LogP contribution in [-0.2, 0) is 27.2 Å². The first kappa shape index (κ1) is 27.8. The maximum Gasteiger partial charge on any atom is 0.303 e. The van der Waals surface area contributed by atoms with Crippen LogP contribution in [0.1, 0.15) is 69.4 Å². The maximum absolute atomic E-state index is 13.2. The summed E-state index contributed by atoms with van der Waals surface area (Å²) in [6, 6.07) is 9.47. The van der Waals surface area contributed by atoms with Crippen molar-refractivity contribution in [2.24, 2.45) is 11.3 Å². The molecule has 2 aromatic rings. The van der Waals surface area contributed by atoms with Crippen molar-refractivity contribution in [1.82, 2.24) is 0 Å². The van der Waals surface area contributed by atoms with Gasteiger partial charge in [-0.1, -0.05) is 33.8 Å². The SMILES string of the molecule is CCC(Sc1cccc(NC(=O)CCC(=O)O)c1)C(=O)Nc1sc2c(c1C#N)CCC(C(C)(C)C)C2. The van der Waals surface area contributed by atoms with E-state index in [4.69, 9.17) is 5.11 Å². The summed E-state index contributed by atoms with van der Waals surface area (Å²) in [5, 5.41) is 24.6. The van der Waals surface area contributed by atoms with Gasteiger partial charge in [-0.3, -0.25) is 14.4 Å². The zero-order valence-corrected chi connectivity index (χ0v) is 22.8. The summed E-state index contributed by atoms with van der Waals surface area (Å²) in [6.07, 6.45) is 3.10. The number of nitrogens with one attached hydrogen (secondary N) is 2. The molecular weight excluding hydrogens is 494 g/mol. The highest BCUT2D eigenvalue weighted by atomic mass is 32.2. The fourth-order valence-corrected chi connectivity index (χ4v) is 6.60. The fraction of sp³-hybridized carbons (Fsp3) is 0.481. The Morgan fingerprint density at radius 2 is 2.00 bits per heavy atom. The van der Waals surface area contributed by atoms with Gasteiger partial charge in [-0.05, 0) is 60.8 Å². The number of amides is 2. The Balaban J connectivity index is 1.69. The van der Waals surface area contributed by atoms with E-state index < -0.39 is 5.97 Å². The summed E-state index contributed by atoms with van der Waals surface area (Å²) >= 11 is 2.92. The number of carbonyl (C=O) groups is 3. The van der Waals surface area contributed by atoms with Crippen LogP contribution in [0.15, 0.2) is 29.2 Å². The minimum Gasteiger partial charge on any atom is -0.481 e. The molecule has 0 bridgehead atoms. The van der Waals surface area contributed by atoms with E-state index in [9.17, 15) is 19.6 Å². The van der Waals surface area contributed by atoms with E-state index in [1.54, 1.807) is 18.2 Å². The van der Waals surface area contributed by atoms with Crippen LogP contribution in [0.5, 0.6) is 0 Å². The molecule has 0 aliphatic heterocycles. The number of hydrogen-bond acceptors (Lipinski definition) is 6. The molecule has 192 valence electrons. The number of anilines is 2. The number of nitrogens with zero attached hydrogens (tertiary/aromatic N) is 1. The highest BCUT2D eigenvalue weighted by Crippen LogP contribution is 2.44. The molecule has 2 unspecified atom stereocenters. The zero-order valence-electron chi connectivity index (χ0n) is 21.1. The smallest absolute Gasteiger partial charge is 0.303 e. The average Bonchev–Trinajstić information content (AvgIpc) is 3.16. The third kappa shape index (κ3) is 7.11. The number of thiophene rings is 1. The number of thioether (sulfide) groups is 1. The van der Waals surface area contributed by atoms with Crippen molar-refractivity contribution in [3.63, 3.8) is 0 Å². The fourth-order valence-electron chi connectivity index (χ4n) is 4.30. The molecule has 1 aromatic heterocycles. The minimum atomic E-state index is -1.02. The van der Waals surface area contributed by atoms with E-state index in [1.165, 1.54) is 28.0 Å². The van der Waals surface area contributed by atoms with Gasteiger partial charge in [0.25, 0.3) is 0 Å². The molecule has 9 heteroatoms. The van der Waals surface area contributed by atoms with Crippen molar-refractivity contribution in [2.45, 2.75) is 76.4 Å². The van der Waals surface area contributed by atoms with Gasteiger partial charge in [0.15, 0.2) is 0 Å². The van der Waals surface area contributed by atoms with E-state index in [1.807, 2.05) is 13.0 Å². The van der Waals surface area contributed by atoms with Crippen molar-refractivity contribution in [2.75, 3.05) is 10.6 Å². The van der Waals surface area contributed by atoms with Gasteiger partial charge in [-0.2, -0.15) is 5.26 Å². The number of carboxylic acids is 1. The van der Waals surface area contributed by atoms with E-state index in [-0.39, 0.29) is 35.3 Å². The molecule has 1 aliphatic carbocycles. The Kier molecular flexibility index (Phi) is 9.20. The quantitative estimate of drug-likeness (QED) is 0.340. The lowest BCUT2D eigenvalue weighted by Gasteiger charge is -2.33. The molecule has 0 spiro atoms. The molecule has 1 heterocycles. The van der Waals surface area contributed by atoms with Gasteiger partial charge in [-0.25, -0.2) is 0 Å². The van der Waals surface area contributed by atoms with Crippen LogP contribution >= 0.6 is 23.1 Å². The molecule has 1 aromatic carbocycles. The second kappa shape index (κ2) is 11.9. The van der Waals surface area contributed by atoms with Gasteiger partial charge in [0, 0.05) is 21.9 Å². The lowest BCUT2D eigenvalue weighted by molar-refractivity contribution is -0.138. The number of carboxylic acid groups (broad SMARTS) is 1. The lowest BCUT2D eigenvalue weighted by Crippen LogP contribution is -2.26. The van der Waals surface area contributed by atoms with E-state index in [2.05, 4.69) is 37.5 Å². The summed E-state index contributed by atoms with van der Waals surface area (Å²) in [5.41, 5.74) is 2.44. The average molecular weight is 528 g/mol. The Morgan fingerprint density at radius 3 is 2.64 bits per heavy atom. The van der Waals surface area contributed by atoms with Crippen molar-refractivity contribution in [3.8, 4) is 6.07 Å². The van der Waals surface area contributed by atoms with Crippen LogP contribution < -0.4 is 10.6 Å². The van der Waals surface area contributed by atoms with Crippen molar-refractivity contribution < 1.29 is 19.5 Å². The second-order valence-corrected chi connectivity index (χ2v) is 12.5. The third-order valence-corrected chi connectivity index (χ3v) is 8.99. The van der Waals surface area contributed by atoms with Crippen molar-refractivity contribution in [1.29, 1.82) is 5.26 Å². The molecule has 1 aliphatic rings. The topological polar surface area (TPSA) is 119 Å². The number of carbonyl (C=O) groups excluding carboxylic acids is 2. The molecule has 3 N–H and O–H groups in total. The maximum atomic E-state index is 13.2. The first-order valence-electron chi connectivity index (χ1n) is 12.2. The summed E-state index contributed by atoms with van der Waals surface area (Å²) < 4.78 is 0. The molecule has 7 nitrogen and oxygen atoms in total. The summed E-state index contributed by atoms with van der Waals surface area (Å²) in [5.74, 6) is -0.995. The van der Waals surface area contributed by atoms with E-state index >= 15 is 0 Å². The standard InChI is InChI=1S/C27H33N3O4S2/c1-5-21(35-18-8-6-7-17(14-18)29-23(31)11-12-24(32)33)25(34)30-26-20(15-28)19-10-9-16(27(2,3)4)13-22(19)36-26/h6-8,14,16,21H,5,9-13H2,1-4H3,(H,29,31)(H,30,34)(H,32,33). The van der Waals surface area contributed by atoms with Gasteiger partial charge in [0.1, 0.15) is 11.1 Å². The normalized spacial score (nSPS) is 15.9. The predicted octanol–water partition coefficient (Wildman–Crippen LogP) is 6.08. The monoisotopic (exact) mass is 527 g/mol. The van der Waals surface area contributed by atoms with E-state index in [0.29, 0.717) is 28.6 Å². The highest BCUT2D eigenvalue weighted by molar-refractivity contribution is 8.00. The molecule has 0 saturated carbocycles. The molecule has 3 rings (SSSR count). The van der Waals surface area contributed by atoms with Crippen molar-refractivity contribution >= 4 is 51.6 Å². The molecule has 2 amide bonds. The molecule has 36 heavy (non-hydrogen) atoms. The largest absolute Gasteiger partial charge is 0.481 e. The summed E-state index contributed by atoms with van der Waals surface area (Å²) in [4.78, 5) is 37.9. The molecular formula is C27H33N3O4S2. The highest BCUT2D eigenvalue weighted by Gasteiger charge is 2.33. The van der Waals surface area contributed by atoms with Gasteiger partial charge in [0.05, 0.1) is 17.2 Å². The van der Waals surface area contributed by atoms with Gasteiger partial charge >= 0.3 is 5.97 Å². The van der Waals surface area contributed by atoms with Gasteiger partial charge in [0.2, 0.25) is 11.8 Å². The number of fused-ring (bicyclic) bond motifs is 1. The van der Waals surface area contributed by atoms with Crippen LogP contribution in [0.3, 0.4) is 0 Å². The molecule has 2 atom stereocenters. The van der Waals surface area contributed by atoms with Crippen LogP contribution in [0, 0.1) is 22.7 Å².